The Morgan fingerprint density at radius 1 is 1.19 bits per heavy atom. The normalized spacial score (nSPS) is 16.2. The summed E-state index contributed by atoms with van der Waals surface area (Å²) in [6.45, 7) is 0.505. The van der Waals surface area contributed by atoms with E-state index in [0.29, 0.717) is 11.5 Å². The summed E-state index contributed by atoms with van der Waals surface area (Å²) >= 11 is 5.08. The van der Waals surface area contributed by atoms with E-state index >= 15 is 0 Å². The molecule has 4 heteroatoms. The van der Waals surface area contributed by atoms with Gasteiger partial charge in [-0.1, -0.05) is 61.1 Å². The summed E-state index contributed by atoms with van der Waals surface area (Å²) in [5.74, 6) is -0.0332. The molecule has 1 amide bonds. The van der Waals surface area contributed by atoms with Gasteiger partial charge in [0, 0.05) is 6.54 Å². The minimum atomic E-state index is -0.611. The van der Waals surface area contributed by atoms with Crippen LogP contribution in [-0.4, -0.2) is 10.9 Å². The first-order chi connectivity index (χ1) is 10.1. The third-order valence-electron chi connectivity index (χ3n) is 4.43. The fraction of sp³-hybridized carbons (Fsp3) is 0.294. The largest absolute Gasteiger partial charge is 0.392 e. The zero-order valence-corrected chi connectivity index (χ0v) is 12.6. The molecule has 1 aliphatic rings. The lowest BCUT2D eigenvalue weighted by Crippen LogP contribution is -2.52. The number of hydrogen-bond donors (Lipinski definition) is 2. The Balaban J connectivity index is 1.78. The van der Waals surface area contributed by atoms with Crippen LogP contribution in [0.1, 0.15) is 24.8 Å². The molecule has 21 heavy (non-hydrogen) atoms. The van der Waals surface area contributed by atoms with Crippen molar-refractivity contribution in [3.63, 3.8) is 0 Å². The standard InChI is InChI=1S/C17H18N2OS/c18-15(21)17(9-4-10-17)16(20)19-11-13-7-3-6-12-5-1-2-8-14(12)13/h1-3,5-8H,4,9-11H2,(H2,18,21)(H,19,20). The highest BCUT2D eigenvalue weighted by Gasteiger charge is 2.46. The molecule has 0 saturated heterocycles. The Morgan fingerprint density at radius 2 is 1.90 bits per heavy atom. The molecule has 2 aromatic carbocycles. The van der Waals surface area contributed by atoms with E-state index in [1.807, 2.05) is 24.3 Å². The molecule has 3 N–H and O–H groups in total. The van der Waals surface area contributed by atoms with E-state index in [9.17, 15) is 4.79 Å². The van der Waals surface area contributed by atoms with Crippen molar-refractivity contribution < 1.29 is 4.79 Å². The summed E-state index contributed by atoms with van der Waals surface area (Å²) < 4.78 is 0. The smallest absolute Gasteiger partial charge is 0.233 e. The fourth-order valence-electron chi connectivity index (χ4n) is 2.91. The number of rotatable bonds is 4. The second kappa shape index (κ2) is 5.45. The van der Waals surface area contributed by atoms with Crippen LogP contribution < -0.4 is 11.1 Å². The molecule has 0 bridgehead atoms. The molecule has 3 rings (SSSR count). The third kappa shape index (κ3) is 2.40. The van der Waals surface area contributed by atoms with Gasteiger partial charge >= 0.3 is 0 Å². The van der Waals surface area contributed by atoms with Crippen LogP contribution in [0, 0.1) is 5.41 Å². The van der Waals surface area contributed by atoms with E-state index in [1.54, 1.807) is 0 Å². The number of amides is 1. The highest BCUT2D eigenvalue weighted by atomic mass is 32.1. The summed E-state index contributed by atoms with van der Waals surface area (Å²) in [7, 11) is 0. The van der Waals surface area contributed by atoms with Crippen LogP contribution in [0.15, 0.2) is 42.5 Å². The molecular formula is C17H18N2OS. The SMILES string of the molecule is NC(=S)C1(C(=O)NCc2cccc3ccccc23)CCC1. The topological polar surface area (TPSA) is 55.1 Å². The lowest BCUT2D eigenvalue weighted by molar-refractivity contribution is -0.131. The lowest BCUT2D eigenvalue weighted by atomic mass is 9.68. The van der Waals surface area contributed by atoms with Crippen molar-refractivity contribution in [2.24, 2.45) is 11.1 Å². The van der Waals surface area contributed by atoms with Crippen molar-refractivity contribution in [2.45, 2.75) is 25.8 Å². The molecule has 0 heterocycles. The van der Waals surface area contributed by atoms with Crippen LogP contribution in [0.4, 0.5) is 0 Å². The van der Waals surface area contributed by atoms with Crippen LogP contribution in [0.5, 0.6) is 0 Å². The van der Waals surface area contributed by atoms with E-state index in [-0.39, 0.29) is 5.91 Å². The lowest BCUT2D eigenvalue weighted by Gasteiger charge is -2.39. The predicted molar refractivity (Wildman–Crippen MR) is 88.9 cm³/mol. The molecule has 108 valence electrons. The van der Waals surface area contributed by atoms with Gasteiger partial charge in [0.15, 0.2) is 0 Å². The Labute approximate surface area is 129 Å². The summed E-state index contributed by atoms with van der Waals surface area (Å²) in [6, 6.07) is 14.3. The molecule has 0 spiro atoms. The monoisotopic (exact) mass is 298 g/mol. The zero-order chi connectivity index (χ0) is 14.9. The van der Waals surface area contributed by atoms with Gasteiger partial charge in [0.25, 0.3) is 0 Å². The Morgan fingerprint density at radius 3 is 2.57 bits per heavy atom. The number of fused-ring (bicyclic) bond motifs is 1. The van der Waals surface area contributed by atoms with Crippen LogP contribution in [0.25, 0.3) is 10.8 Å². The van der Waals surface area contributed by atoms with Gasteiger partial charge in [0.1, 0.15) is 0 Å². The van der Waals surface area contributed by atoms with E-state index in [0.717, 1.165) is 24.8 Å². The average molecular weight is 298 g/mol. The second-order valence-corrected chi connectivity index (χ2v) is 6.06. The van der Waals surface area contributed by atoms with Gasteiger partial charge in [-0.25, -0.2) is 0 Å². The second-order valence-electron chi connectivity index (χ2n) is 5.62. The van der Waals surface area contributed by atoms with Crippen molar-refractivity contribution in [3.05, 3.63) is 48.0 Å². The predicted octanol–water partition coefficient (Wildman–Crippen LogP) is 2.91. The van der Waals surface area contributed by atoms with Gasteiger partial charge in [-0.3, -0.25) is 4.79 Å². The number of hydrogen-bond acceptors (Lipinski definition) is 2. The molecule has 1 fully saturated rings. The van der Waals surface area contributed by atoms with Crippen molar-refractivity contribution in [1.29, 1.82) is 0 Å². The quantitative estimate of drug-likeness (QED) is 0.853. The fourth-order valence-corrected chi connectivity index (χ4v) is 3.20. The molecular weight excluding hydrogens is 280 g/mol. The van der Waals surface area contributed by atoms with E-state index < -0.39 is 5.41 Å². The van der Waals surface area contributed by atoms with Gasteiger partial charge in [0.05, 0.1) is 10.4 Å². The summed E-state index contributed by atoms with van der Waals surface area (Å²) in [4.78, 5) is 12.7. The van der Waals surface area contributed by atoms with Gasteiger partial charge in [-0.15, -0.1) is 0 Å². The molecule has 0 atom stereocenters. The summed E-state index contributed by atoms with van der Waals surface area (Å²) in [6.07, 6.45) is 2.55. The van der Waals surface area contributed by atoms with Crippen molar-refractivity contribution in [2.75, 3.05) is 0 Å². The Kier molecular flexibility index (Phi) is 3.64. The van der Waals surface area contributed by atoms with Gasteiger partial charge in [0.2, 0.25) is 5.91 Å². The first kappa shape index (κ1) is 14.0. The minimum Gasteiger partial charge on any atom is -0.392 e. The van der Waals surface area contributed by atoms with Gasteiger partial charge < -0.3 is 11.1 Å². The number of carbonyl (C=O) groups is 1. The average Bonchev–Trinajstić information content (AvgIpc) is 2.43. The molecule has 0 radical (unpaired) electrons. The van der Waals surface area contributed by atoms with Crippen molar-refractivity contribution >= 4 is 33.9 Å². The maximum Gasteiger partial charge on any atom is 0.233 e. The Bertz CT molecular complexity index is 702. The maximum absolute atomic E-state index is 12.4. The number of nitrogens with two attached hydrogens (primary N) is 1. The zero-order valence-electron chi connectivity index (χ0n) is 11.8. The number of benzene rings is 2. The number of thiocarbonyl (C=S) groups is 1. The summed E-state index contributed by atoms with van der Waals surface area (Å²) in [5.41, 5.74) is 6.26. The molecule has 2 aromatic rings. The molecule has 0 unspecified atom stereocenters. The molecule has 0 aromatic heterocycles. The first-order valence-corrected chi connectivity index (χ1v) is 7.59. The highest BCUT2D eigenvalue weighted by molar-refractivity contribution is 7.80. The van der Waals surface area contributed by atoms with E-state index in [4.69, 9.17) is 18.0 Å². The van der Waals surface area contributed by atoms with E-state index in [2.05, 4.69) is 23.5 Å². The molecule has 1 aliphatic carbocycles. The molecule has 1 saturated carbocycles. The summed E-state index contributed by atoms with van der Waals surface area (Å²) in [5, 5.41) is 5.35. The molecule has 0 aliphatic heterocycles. The highest BCUT2D eigenvalue weighted by Crippen LogP contribution is 2.41. The van der Waals surface area contributed by atoms with Gasteiger partial charge in [-0.2, -0.15) is 0 Å². The van der Waals surface area contributed by atoms with Crippen LogP contribution in [0.2, 0.25) is 0 Å². The Hall–Kier alpha value is -1.94. The maximum atomic E-state index is 12.4. The van der Waals surface area contributed by atoms with Crippen LogP contribution in [0.3, 0.4) is 0 Å². The molecule has 3 nitrogen and oxygen atoms in total. The first-order valence-electron chi connectivity index (χ1n) is 7.18. The minimum absolute atomic E-state index is 0.0332. The third-order valence-corrected chi connectivity index (χ3v) is 4.82. The van der Waals surface area contributed by atoms with E-state index in [1.165, 1.54) is 10.8 Å². The number of nitrogens with one attached hydrogen (secondary N) is 1. The van der Waals surface area contributed by atoms with Crippen molar-refractivity contribution in [1.82, 2.24) is 5.32 Å². The number of carbonyl (C=O) groups excluding carboxylic acids is 1. The van der Waals surface area contributed by atoms with Crippen molar-refractivity contribution in [3.8, 4) is 0 Å². The van der Waals surface area contributed by atoms with Crippen LogP contribution in [-0.2, 0) is 11.3 Å². The van der Waals surface area contributed by atoms with Crippen LogP contribution >= 0.6 is 12.2 Å². The van der Waals surface area contributed by atoms with Gasteiger partial charge in [-0.05, 0) is 29.2 Å².